The zero-order valence-corrected chi connectivity index (χ0v) is 15.0. The number of hydrogen-bond donors (Lipinski definition) is 0. The van der Waals surface area contributed by atoms with E-state index in [1.165, 1.54) is 0 Å². The molecular formula is C18H29NSi. The van der Waals surface area contributed by atoms with Gasteiger partial charge in [0.25, 0.3) is 0 Å². The lowest BCUT2D eigenvalue weighted by molar-refractivity contribution is 0.390. The first kappa shape index (κ1) is 18.9. The van der Waals surface area contributed by atoms with E-state index >= 15 is 0 Å². The number of terminal acetylenes is 2. The predicted molar refractivity (Wildman–Crippen MR) is 92.9 cm³/mol. The molecular weight excluding hydrogens is 258 g/mol. The molecule has 0 aromatic carbocycles. The molecule has 0 radical (unpaired) electrons. The molecule has 0 N–H and O–H groups in total. The average molecular weight is 288 g/mol. The summed E-state index contributed by atoms with van der Waals surface area (Å²) in [5, 5.41) is 0. The summed E-state index contributed by atoms with van der Waals surface area (Å²) < 4.78 is 0. The second-order valence-corrected chi connectivity index (χ2v) is 11.8. The quantitative estimate of drug-likeness (QED) is 0.531. The molecule has 0 heterocycles. The molecule has 110 valence electrons. The molecule has 1 nitrogen and oxygen atoms in total. The summed E-state index contributed by atoms with van der Waals surface area (Å²) in [5.41, 5.74) is 5.66. The van der Waals surface area contributed by atoms with Crippen molar-refractivity contribution in [2.75, 3.05) is 19.6 Å². The lowest BCUT2D eigenvalue weighted by atomic mass is 10.4. The molecule has 0 aromatic rings. The Balaban J connectivity index is 5.16. The Morgan fingerprint density at radius 2 is 1.20 bits per heavy atom. The molecule has 0 aliphatic carbocycles. The Labute approximate surface area is 127 Å². The molecule has 0 saturated carbocycles. The fraction of sp³-hybridized carbons (Fsp3) is 0.667. The molecule has 0 bridgehead atoms. The van der Waals surface area contributed by atoms with Crippen molar-refractivity contribution in [3.63, 3.8) is 0 Å². The van der Waals surface area contributed by atoms with Crippen LogP contribution in [0.2, 0.25) is 16.6 Å². The van der Waals surface area contributed by atoms with E-state index in [0.29, 0.717) is 36.3 Å². The summed E-state index contributed by atoms with van der Waals surface area (Å²) in [4.78, 5) is 2.03. The predicted octanol–water partition coefficient (Wildman–Crippen LogP) is 3.78. The van der Waals surface area contributed by atoms with Gasteiger partial charge in [-0.15, -0.1) is 18.4 Å². The van der Waals surface area contributed by atoms with E-state index in [1.807, 2.05) is 4.90 Å². The van der Waals surface area contributed by atoms with Crippen LogP contribution in [0.3, 0.4) is 0 Å². The van der Waals surface area contributed by atoms with E-state index in [1.54, 1.807) is 0 Å². The van der Waals surface area contributed by atoms with E-state index in [4.69, 9.17) is 12.8 Å². The molecule has 20 heavy (non-hydrogen) atoms. The fourth-order valence-corrected chi connectivity index (χ4v) is 8.41. The average Bonchev–Trinajstić information content (AvgIpc) is 2.33. The van der Waals surface area contributed by atoms with Gasteiger partial charge in [0.15, 0.2) is 0 Å². The third-order valence-electron chi connectivity index (χ3n) is 4.10. The Kier molecular flexibility index (Phi) is 8.41. The van der Waals surface area contributed by atoms with Gasteiger partial charge in [-0.3, -0.25) is 4.90 Å². The van der Waals surface area contributed by atoms with Crippen molar-refractivity contribution in [1.82, 2.24) is 4.90 Å². The van der Waals surface area contributed by atoms with Crippen LogP contribution in [0.15, 0.2) is 0 Å². The van der Waals surface area contributed by atoms with Crippen LogP contribution in [0.4, 0.5) is 0 Å². The zero-order valence-electron chi connectivity index (χ0n) is 14.0. The second-order valence-electron chi connectivity index (χ2n) is 6.25. The highest BCUT2D eigenvalue weighted by Gasteiger charge is 2.41. The molecule has 0 rings (SSSR count). The van der Waals surface area contributed by atoms with Gasteiger partial charge in [-0.25, -0.2) is 0 Å². The van der Waals surface area contributed by atoms with E-state index in [2.05, 4.69) is 64.8 Å². The maximum absolute atomic E-state index is 5.36. The van der Waals surface area contributed by atoms with Crippen LogP contribution in [-0.4, -0.2) is 32.6 Å². The van der Waals surface area contributed by atoms with Crippen LogP contribution in [0, 0.1) is 36.2 Å². The lowest BCUT2D eigenvalue weighted by Crippen LogP contribution is -2.43. The summed E-state index contributed by atoms with van der Waals surface area (Å²) in [7, 11) is -1.63. The van der Waals surface area contributed by atoms with Crippen molar-refractivity contribution in [2.24, 2.45) is 0 Å². The first-order valence-corrected chi connectivity index (χ1v) is 9.65. The van der Waals surface area contributed by atoms with Gasteiger partial charge < -0.3 is 0 Å². The van der Waals surface area contributed by atoms with Gasteiger partial charge in [-0.1, -0.05) is 59.3 Å². The summed E-state index contributed by atoms with van der Waals surface area (Å²) in [6.07, 6.45) is 10.7. The topological polar surface area (TPSA) is 3.24 Å². The minimum absolute atomic E-state index is 0.568. The van der Waals surface area contributed by atoms with E-state index in [-0.39, 0.29) is 0 Å². The first-order valence-electron chi connectivity index (χ1n) is 7.42. The third-order valence-corrected chi connectivity index (χ3v) is 10.4. The second kappa shape index (κ2) is 8.92. The third kappa shape index (κ3) is 4.75. The zero-order chi connectivity index (χ0) is 15.8. The maximum Gasteiger partial charge on any atom is 0.146 e. The normalized spacial score (nSPS) is 11.4. The van der Waals surface area contributed by atoms with E-state index in [0.717, 1.165) is 0 Å². The van der Waals surface area contributed by atoms with Crippen molar-refractivity contribution < 1.29 is 0 Å². The molecule has 0 fully saturated rings. The van der Waals surface area contributed by atoms with Crippen LogP contribution in [-0.2, 0) is 0 Å². The highest BCUT2D eigenvalue weighted by atomic mass is 28.3. The summed E-state index contributed by atoms with van der Waals surface area (Å²) in [6.45, 7) is 15.7. The smallest absolute Gasteiger partial charge is 0.146 e. The highest BCUT2D eigenvalue weighted by molar-refractivity contribution is 6.90. The first-order chi connectivity index (χ1) is 9.32. The minimum atomic E-state index is -1.63. The number of hydrogen-bond acceptors (Lipinski definition) is 1. The van der Waals surface area contributed by atoms with Gasteiger partial charge in [0.2, 0.25) is 0 Å². The van der Waals surface area contributed by atoms with Crippen LogP contribution >= 0.6 is 0 Å². The van der Waals surface area contributed by atoms with Crippen LogP contribution in [0.5, 0.6) is 0 Å². The molecule has 0 amide bonds. The molecule has 0 atom stereocenters. The molecule has 2 heteroatoms. The minimum Gasteiger partial charge on any atom is -0.270 e. The largest absolute Gasteiger partial charge is 0.270 e. The Morgan fingerprint density at radius 1 is 0.800 bits per heavy atom. The lowest BCUT2D eigenvalue weighted by Gasteiger charge is -2.38. The Hall–Kier alpha value is -1.14. The van der Waals surface area contributed by atoms with Crippen molar-refractivity contribution >= 4 is 8.07 Å². The summed E-state index contributed by atoms with van der Waals surface area (Å²) >= 11 is 0. The van der Waals surface area contributed by atoms with Gasteiger partial charge in [0.05, 0.1) is 19.6 Å². The molecule has 0 aromatic heterocycles. The fourth-order valence-electron chi connectivity index (χ4n) is 3.16. The standard InChI is InChI=1S/C18H29NSi/c1-9-12-19(13-10-2)14-11-15-20(16(3)4,17(5)6)18(7)8/h1-2,16-18H,12-14H2,3-8H3. The molecule has 0 aliphatic heterocycles. The van der Waals surface area contributed by atoms with Gasteiger partial charge in [-0.05, 0) is 16.6 Å². The van der Waals surface area contributed by atoms with Gasteiger partial charge in [0.1, 0.15) is 8.07 Å². The summed E-state index contributed by atoms with van der Waals surface area (Å²) in [5.74, 6) is 8.67. The van der Waals surface area contributed by atoms with Gasteiger partial charge in [0, 0.05) is 0 Å². The Morgan fingerprint density at radius 3 is 1.50 bits per heavy atom. The molecule has 0 spiro atoms. The molecule has 0 saturated heterocycles. The van der Waals surface area contributed by atoms with Crippen LogP contribution in [0.25, 0.3) is 0 Å². The van der Waals surface area contributed by atoms with Crippen molar-refractivity contribution in [3.8, 4) is 36.2 Å². The van der Waals surface area contributed by atoms with Crippen molar-refractivity contribution in [3.05, 3.63) is 0 Å². The Bertz CT molecular complexity index is 385. The number of rotatable bonds is 6. The summed E-state index contributed by atoms with van der Waals surface area (Å²) in [6, 6.07) is 0. The van der Waals surface area contributed by atoms with E-state index in [9.17, 15) is 0 Å². The SMILES string of the molecule is C#CCN(CC#C)CC#C[Si](C(C)C)(C(C)C)C(C)C. The van der Waals surface area contributed by atoms with E-state index < -0.39 is 8.07 Å². The molecule has 0 unspecified atom stereocenters. The van der Waals surface area contributed by atoms with Crippen molar-refractivity contribution in [1.29, 1.82) is 0 Å². The monoisotopic (exact) mass is 287 g/mol. The van der Waals surface area contributed by atoms with Gasteiger partial charge >= 0.3 is 0 Å². The van der Waals surface area contributed by atoms with Crippen LogP contribution < -0.4 is 0 Å². The van der Waals surface area contributed by atoms with Crippen molar-refractivity contribution in [2.45, 2.75) is 58.2 Å². The van der Waals surface area contributed by atoms with Crippen LogP contribution in [0.1, 0.15) is 41.5 Å². The molecule has 0 aliphatic rings. The number of nitrogens with zero attached hydrogens (tertiary/aromatic N) is 1. The van der Waals surface area contributed by atoms with Gasteiger partial charge in [-0.2, -0.15) is 0 Å². The maximum atomic E-state index is 5.36. The highest BCUT2D eigenvalue weighted by Crippen LogP contribution is 2.40.